The van der Waals surface area contributed by atoms with Crippen LogP contribution in [-0.2, 0) is 19.5 Å². The van der Waals surface area contributed by atoms with Crippen molar-refractivity contribution in [3.63, 3.8) is 0 Å². The molecule has 2 heterocycles. The minimum absolute atomic E-state index is 0.0108. The van der Waals surface area contributed by atoms with Crippen molar-refractivity contribution in [3.8, 4) is 0 Å². The molecule has 4 heteroatoms. The fraction of sp³-hybridized carbons (Fsp3) is 0.217. The van der Waals surface area contributed by atoms with Crippen molar-refractivity contribution in [2.75, 3.05) is 11.4 Å². The SMILES string of the molecule is O=C(NCCCc1ccncc1)c1cccc(N2Cc3ccccc3C2)c1. The van der Waals surface area contributed by atoms with Crippen LogP contribution in [0.5, 0.6) is 0 Å². The first-order valence-electron chi connectivity index (χ1n) is 9.38. The Morgan fingerprint density at radius 3 is 2.44 bits per heavy atom. The second-order valence-corrected chi connectivity index (χ2v) is 6.89. The fourth-order valence-corrected chi connectivity index (χ4v) is 3.51. The number of amides is 1. The lowest BCUT2D eigenvalue weighted by atomic mass is 10.1. The van der Waals surface area contributed by atoms with Gasteiger partial charge in [0.1, 0.15) is 0 Å². The van der Waals surface area contributed by atoms with Gasteiger partial charge in [-0.2, -0.15) is 0 Å². The number of carbonyl (C=O) groups is 1. The second-order valence-electron chi connectivity index (χ2n) is 6.89. The van der Waals surface area contributed by atoms with Crippen molar-refractivity contribution < 1.29 is 4.79 Å². The van der Waals surface area contributed by atoms with Crippen LogP contribution in [0.3, 0.4) is 0 Å². The van der Waals surface area contributed by atoms with Crippen LogP contribution in [0.25, 0.3) is 0 Å². The predicted octanol–water partition coefficient (Wildman–Crippen LogP) is 3.96. The van der Waals surface area contributed by atoms with E-state index in [0.29, 0.717) is 12.1 Å². The Morgan fingerprint density at radius 1 is 0.963 bits per heavy atom. The number of pyridine rings is 1. The third-order valence-electron chi connectivity index (χ3n) is 4.99. The van der Waals surface area contributed by atoms with Gasteiger partial charge in [-0.25, -0.2) is 0 Å². The van der Waals surface area contributed by atoms with E-state index in [1.54, 1.807) is 12.4 Å². The molecule has 0 atom stereocenters. The van der Waals surface area contributed by atoms with E-state index < -0.39 is 0 Å². The van der Waals surface area contributed by atoms with Crippen molar-refractivity contribution in [2.24, 2.45) is 0 Å². The third kappa shape index (κ3) is 4.17. The Morgan fingerprint density at radius 2 is 1.70 bits per heavy atom. The molecule has 1 N–H and O–H groups in total. The summed E-state index contributed by atoms with van der Waals surface area (Å²) in [6.07, 6.45) is 5.46. The van der Waals surface area contributed by atoms with Crippen LogP contribution in [-0.4, -0.2) is 17.4 Å². The highest BCUT2D eigenvalue weighted by molar-refractivity contribution is 5.95. The van der Waals surface area contributed by atoms with Crippen LogP contribution in [0.2, 0.25) is 0 Å². The lowest BCUT2D eigenvalue weighted by molar-refractivity contribution is 0.0953. The summed E-state index contributed by atoms with van der Waals surface area (Å²) in [5.41, 5.74) is 5.78. The maximum absolute atomic E-state index is 12.5. The minimum Gasteiger partial charge on any atom is -0.363 e. The summed E-state index contributed by atoms with van der Waals surface area (Å²) in [7, 11) is 0. The van der Waals surface area contributed by atoms with Crippen molar-refractivity contribution >= 4 is 11.6 Å². The van der Waals surface area contributed by atoms with Gasteiger partial charge in [-0.05, 0) is 59.9 Å². The summed E-state index contributed by atoms with van der Waals surface area (Å²) in [5, 5.41) is 3.03. The lowest BCUT2D eigenvalue weighted by Gasteiger charge is -2.18. The average molecular weight is 357 g/mol. The Kier molecular flexibility index (Phi) is 5.15. The van der Waals surface area contributed by atoms with Crippen LogP contribution < -0.4 is 10.2 Å². The highest BCUT2D eigenvalue weighted by Gasteiger charge is 2.19. The van der Waals surface area contributed by atoms with Gasteiger partial charge in [0.25, 0.3) is 5.91 Å². The number of fused-ring (bicyclic) bond motifs is 1. The molecule has 2 aromatic carbocycles. The van der Waals surface area contributed by atoms with Crippen molar-refractivity contribution in [3.05, 3.63) is 95.3 Å². The molecule has 0 saturated heterocycles. The molecule has 1 amide bonds. The number of aryl methyl sites for hydroxylation is 1. The standard InChI is InChI=1S/C23H23N3O/c27-23(25-12-4-5-18-10-13-24-14-11-18)19-8-3-9-22(15-19)26-16-20-6-1-2-7-21(20)17-26/h1-3,6-11,13-15H,4-5,12,16-17H2,(H,25,27). The van der Waals surface area contributed by atoms with Crippen molar-refractivity contribution in [1.82, 2.24) is 10.3 Å². The first-order valence-corrected chi connectivity index (χ1v) is 9.38. The summed E-state index contributed by atoms with van der Waals surface area (Å²) < 4.78 is 0. The van der Waals surface area contributed by atoms with Crippen molar-refractivity contribution in [2.45, 2.75) is 25.9 Å². The van der Waals surface area contributed by atoms with Gasteiger partial charge in [0.05, 0.1) is 0 Å². The number of hydrogen-bond donors (Lipinski definition) is 1. The smallest absolute Gasteiger partial charge is 0.251 e. The predicted molar refractivity (Wildman–Crippen MR) is 108 cm³/mol. The van der Waals surface area contributed by atoms with Crippen LogP contribution in [0, 0.1) is 0 Å². The summed E-state index contributed by atoms with van der Waals surface area (Å²) in [6, 6.07) is 20.4. The maximum Gasteiger partial charge on any atom is 0.251 e. The van der Waals surface area contributed by atoms with E-state index in [0.717, 1.165) is 31.6 Å². The zero-order valence-corrected chi connectivity index (χ0v) is 15.3. The quantitative estimate of drug-likeness (QED) is 0.679. The lowest BCUT2D eigenvalue weighted by Crippen LogP contribution is -2.25. The minimum atomic E-state index is -0.0108. The molecule has 0 saturated carbocycles. The van der Waals surface area contributed by atoms with E-state index >= 15 is 0 Å². The molecule has 0 fully saturated rings. The van der Waals surface area contributed by atoms with E-state index in [1.807, 2.05) is 30.3 Å². The molecular formula is C23H23N3O. The maximum atomic E-state index is 12.5. The monoisotopic (exact) mass is 357 g/mol. The molecule has 4 nitrogen and oxygen atoms in total. The van der Waals surface area contributed by atoms with Gasteiger partial charge >= 0.3 is 0 Å². The van der Waals surface area contributed by atoms with Gasteiger partial charge < -0.3 is 10.2 Å². The fourth-order valence-electron chi connectivity index (χ4n) is 3.51. The van der Waals surface area contributed by atoms with Gasteiger partial charge in [0.2, 0.25) is 0 Å². The topological polar surface area (TPSA) is 45.2 Å². The van der Waals surface area contributed by atoms with E-state index in [2.05, 4.69) is 45.5 Å². The average Bonchev–Trinajstić information content (AvgIpc) is 3.16. The zero-order chi connectivity index (χ0) is 18.5. The summed E-state index contributed by atoms with van der Waals surface area (Å²) in [5.74, 6) is -0.0108. The molecule has 1 aliphatic heterocycles. The summed E-state index contributed by atoms with van der Waals surface area (Å²) in [4.78, 5) is 18.8. The first kappa shape index (κ1) is 17.3. The highest BCUT2D eigenvalue weighted by atomic mass is 16.1. The van der Waals surface area contributed by atoms with E-state index in [1.165, 1.54) is 16.7 Å². The van der Waals surface area contributed by atoms with Gasteiger partial charge in [0, 0.05) is 43.3 Å². The molecule has 27 heavy (non-hydrogen) atoms. The number of benzene rings is 2. The Balaban J connectivity index is 1.33. The molecule has 4 rings (SSSR count). The Hall–Kier alpha value is -3.14. The largest absolute Gasteiger partial charge is 0.363 e. The zero-order valence-electron chi connectivity index (χ0n) is 15.3. The number of aromatic nitrogens is 1. The van der Waals surface area contributed by atoms with E-state index in [4.69, 9.17) is 0 Å². The van der Waals surface area contributed by atoms with Gasteiger partial charge in [0.15, 0.2) is 0 Å². The van der Waals surface area contributed by atoms with Crippen LogP contribution in [0.1, 0.15) is 33.5 Å². The number of nitrogens with one attached hydrogen (secondary N) is 1. The summed E-state index contributed by atoms with van der Waals surface area (Å²) >= 11 is 0. The molecule has 1 aromatic heterocycles. The highest BCUT2D eigenvalue weighted by Crippen LogP contribution is 2.28. The first-order chi connectivity index (χ1) is 13.3. The molecule has 136 valence electrons. The second kappa shape index (κ2) is 8.04. The molecule has 1 aliphatic rings. The number of nitrogens with zero attached hydrogens (tertiary/aromatic N) is 2. The van der Waals surface area contributed by atoms with Crippen LogP contribution in [0.4, 0.5) is 5.69 Å². The number of rotatable bonds is 6. The van der Waals surface area contributed by atoms with E-state index in [-0.39, 0.29) is 5.91 Å². The molecular weight excluding hydrogens is 334 g/mol. The molecule has 0 aliphatic carbocycles. The number of hydrogen-bond acceptors (Lipinski definition) is 3. The van der Waals surface area contributed by atoms with Crippen LogP contribution in [0.15, 0.2) is 73.1 Å². The van der Waals surface area contributed by atoms with Gasteiger partial charge in [-0.15, -0.1) is 0 Å². The Labute approximate surface area is 159 Å². The molecule has 0 spiro atoms. The Bertz CT molecular complexity index is 899. The third-order valence-corrected chi connectivity index (χ3v) is 4.99. The number of carbonyl (C=O) groups excluding carboxylic acids is 1. The molecule has 3 aromatic rings. The normalized spacial score (nSPS) is 12.7. The van der Waals surface area contributed by atoms with Gasteiger partial charge in [-0.1, -0.05) is 30.3 Å². The van der Waals surface area contributed by atoms with Crippen LogP contribution >= 0.6 is 0 Å². The molecule has 0 unspecified atom stereocenters. The van der Waals surface area contributed by atoms with Gasteiger partial charge in [-0.3, -0.25) is 9.78 Å². The van der Waals surface area contributed by atoms with Crippen molar-refractivity contribution in [1.29, 1.82) is 0 Å². The number of anilines is 1. The summed E-state index contributed by atoms with van der Waals surface area (Å²) in [6.45, 7) is 2.46. The molecule has 0 bridgehead atoms. The molecule has 0 radical (unpaired) electrons. The van der Waals surface area contributed by atoms with E-state index in [9.17, 15) is 4.79 Å².